The van der Waals surface area contributed by atoms with Crippen LogP contribution in [0.15, 0.2) is 12.2 Å². The Balaban J connectivity index is 1.53. The van der Waals surface area contributed by atoms with Gasteiger partial charge in [0.15, 0.2) is 0 Å². The molecule has 2 aliphatic carbocycles. The van der Waals surface area contributed by atoms with Crippen LogP contribution in [0.1, 0.15) is 25.7 Å². The van der Waals surface area contributed by atoms with E-state index in [1.807, 2.05) is 0 Å². The highest BCUT2D eigenvalue weighted by Gasteiger charge is 2.21. The molecule has 0 aromatic carbocycles. The summed E-state index contributed by atoms with van der Waals surface area (Å²) in [5.41, 5.74) is 0. The molecular weight excluding hydrogens is 176 g/mol. The summed E-state index contributed by atoms with van der Waals surface area (Å²) in [6.07, 6.45) is 8.63. The zero-order chi connectivity index (χ0) is 9.80. The first-order valence-electron chi connectivity index (χ1n) is 5.52. The normalized spacial score (nSPS) is 21.4. The average Bonchev–Trinajstić information content (AvgIpc) is 2.84. The first kappa shape index (κ1) is 9.71. The van der Waals surface area contributed by atoms with Gasteiger partial charge in [0.05, 0.1) is 0 Å². The van der Waals surface area contributed by atoms with Gasteiger partial charge in [-0.2, -0.15) is 0 Å². The van der Waals surface area contributed by atoms with Gasteiger partial charge in [-0.05, 0) is 25.7 Å². The van der Waals surface area contributed by atoms with Crippen molar-refractivity contribution in [2.24, 2.45) is 5.92 Å². The predicted molar refractivity (Wildman–Crippen MR) is 55.9 cm³/mol. The largest absolute Gasteiger partial charge is 0.355 e. The van der Waals surface area contributed by atoms with Crippen LogP contribution in [-0.2, 0) is 4.79 Å². The van der Waals surface area contributed by atoms with Crippen LogP contribution in [0.3, 0.4) is 0 Å². The van der Waals surface area contributed by atoms with E-state index in [-0.39, 0.29) is 11.8 Å². The zero-order valence-corrected chi connectivity index (χ0v) is 8.46. The smallest absolute Gasteiger partial charge is 0.223 e. The van der Waals surface area contributed by atoms with Crippen LogP contribution in [0.4, 0.5) is 0 Å². The standard InChI is InChI=1S/C11H18N2O/c14-11(9-3-1-2-4-9)13-8-7-12-10-5-6-10/h1-2,9-10,12H,3-8H2,(H,13,14). The second-order valence-electron chi connectivity index (χ2n) is 4.16. The third-order valence-electron chi connectivity index (χ3n) is 2.81. The van der Waals surface area contributed by atoms with Crippen molar-refractivity contribution in [1.29, 1.82) is 0 Å². The van der Waals surface area contributed by atoms with Crippen molar-refractivity contribution in [2.75, 3.05) is 13.1 Å². The maximum Gasteiger partial charge on any atom is 0.223 e. The molecule has 0 saturated heterocycles. The molecule has 2 aliphatic rings. The van der Waals surface area contributed by atoms with E-state index in [4.69, 9.17) is 0 Å². The summed E-state index contributed by atoms with van der Waals surface area (Å²) in [5, 5.41) is 6.34. The monoisotopic (exact) mass is 194 g/mol. The van der Waals surface area contributed by atoms with E-state index in [1.165, 1.54) is 12.8 Å². The third-order valence-corrected chi connectivity index (χ3v) is 2.81. The lowest BCUT2D eigenvalue weighted by Gasteiger charge is -2.10. The molecule has 3 heteroatoms. The number of allylic oxidation sites excluding steroid dienone is 2. The third kappa shape index (κ3) is 2.84. The van der Waals surface area contributed by atoms with Crippen molar-refractivity contribution in [2.45, 2.75) is 31.7 Å². The van der Waals surface area contributed by atoms with Crippen molar-refractivity contribution in [3.63, 3.8) is 0 Å². The average molecular weight is 194 g/mol. The maximum absolute atomic E-state index is 11.5. The Labute approximate surface area is 84.9 Å². The molecule has 14 heavy (non-hydrogen) atoms. The Bertz CT molecular complexity index is 225. The molecule has 2 rings (SSSR count). The molecule has 1 fully saturated rings. The van der Waals surface area contributed by atoms with Gasteiger partial charge in [-0.15, -0.1) is 0 Å². The van der Waals surface area contributed by atoms with Gasteiger partial charge in [0.1, 0.15) is 0 Å². The molecule has 1 amide bonds. The summed E-state index contributed by atoms with van der Waals surface area (Å²) in [6.45, 7) is 1.68. The van der Waals surface area contributed by atoms with Gasteiger partial charge in [-0.3, -0.25) is 4.79 Å². The highest BCUT2D eigenvalue weighted by Crippen LogP contribution is 2.18. The summed E-state index contributed by atoms with van der Waals surface area (Å²) >= 11 is 0. The van der Waals surface area contributed by atoms with E-state index in [1.54, 1.807) is 0 Å². The predicted octanol–water partition coefficient (Wildman–Crippen LogP) is 0.821. The van der Waals surface area contributed by atoms with Gasteiger partial charge in [0, 0.05) is 25.0 Å². The summed E-state index contributed by atoms with van der Waals surface area (Å²) in [4.78, 5) is 11.5. The van der Waals surface area contributed by atoms with Gasteiger partial charge in [0.25, 0.3) is 0 Å². The molecule has 0 aliphatic heterocycles. The van der Waals surface area contributed by atoms with E-state index in [9.17, 15) is 4.79 Å². The summed E-state index contributed by atoms with van der Waals surface area (Å²) in [7, 11) is 0. The molecule has 0 spiro atoms. The molecule has 0 heterocycles. The fraction of sp³-hybridized carbons (Fsp3) is 0.727. The first-order chi connectivity index (χ1) is 6.86. The second kappa shape index (κ2) is 4.60. The van der Waals surface area contributed by atoms with Crippen LogP contribution in [0.5, 0.6) is 0 Å². The number of carbonyl (C=O) groups is 1. The van der Waals surface area contributed by atoms with Crippen LogP contribution >= 0.6 is 0 Å². The molecule has 3 nitrogen and oxygen atoms in total. The van der Waals surface area contributed by atoms with Crippen LogP contribution in [-0.4, -0.2) is 25.0 Å². The number of amides is 1. The summed E-state index contributed by atoms with van der Waals surface area (Å²) in [5.74, 6) is 0.420. The molecule has 2 N–H and O–H groups in total. The van der Waals surface area contributed by atoms with Crippen LogP contribution in [0.2, 0.25) is 0 Å². The number of carbonyl (C=O) groups excluding carboxylic acids is 1. The van der Waals surface area contributed by atoms with Crippen molar-refractivity contribution >= 4 is 5.91 Å². The minimum atomic E-state index is 0.205. The number of nitrogens with one attached hydrogen (secondary N) is 2. The van der Waals surface area contributed by atoms with Crippen molar-refractivity contribution < 1.29 is 4.79 Å². The molecule has 0 atom stereocenters. The minimum Gasteiger partial charge on any atom is -0.355 e. The molecule has 78 valence electrons. The molecule has 0 aromatic heterocycles. The maximum atomic E-state index is 11.5. The quantitative estimate of drug-likeness (QED) is 0.502. The number of hydrogen-bond donors (Lipinski definition) is 2. The van der Waals surface area contributed by atoms with Crippen LogP contribution in [0, 0.1) is 5.92 Å². The van der Waals surface area contributed by atoms with Gasteiger partial charge in [-0.25, -0.2) is 0 Å². The van der Waals surface area contributed by atoms with E-state index >= 15 is 0 Å². The fourth-order valence-corrected chi connectivity index (χ4v) is 1.73. The minimum absolute atomic E-state index is 0.205. The van der Waals surface area contributed by atoms with E-state index in [0.29, 0.717) is 0 Å². The van der Waals surface area contributed by atoms with Crippen molar-refractivity contribution in [1.82, 2.24) is 10.6 Å². The van der Waals surface area contributed by atoms with E-state index in [0.717, 1.165) is 32.0 Å². The molecule has 0 radical (unpaired) electrons. The lowest BCUT2D eigenvalue weighted by molar-refractivity contribution is -0.124. The Morgan fingerprint density at radius 3 is 2.57 bits per heavy atom. The van der Waals surface area contributed by atoms with Gasteiger partial charge in [-0.1, -0.05) is 12.2 Å². The molecule has 0 aromatic rings. The molecular formula is C11H18N2O. The molecule has 0 bridgehead atoms. The fourth-order valence-electron chi connectivity index (χ4n) is 1.73. The number of rotatable bonds is 5. The SMILES string of the molecule is O=C(NCCNC1CC1)C1CC=CC1. The van der Waals surface area contributed by atoms with E-state index < -0.39 is 0 Å². The van der Waals surface area contributed by atoms with Crippen molar-refractivity contribution in [3.05, 3.63) is 12.2 Å². The zero-order valence-electron chi connectivity index (χ0n) is 8.46. The van der Waals surface area contributed by atoms with Gasteiger partial charge >= 0.3 is 0 Å². The topological polar surface area (TPSA) is 41.1 Å². The Kier molecular flexibility index (Phi) is 3.19. The first-order valence-corrected chi connectivity index (χ1v) is 5.52. The Morgan fingerprint density at radius 1 is 1.21 bits per heavy atom. The lowest BCUT2D eigenvalue weighted by atomic mass is 10.1. The van der Waals surface area contributed by atoms with Crippen LogP contribution in [0.25, 0.3) is 0 Å². The summed E-state index contributed by atoms with van der Waals surface area (Å²) in [6, 6.07) is 0.736. The van der Waals surface area contributed by atoms with Crippen LogP contribution < -0.4 is 10.6 Å². The molecule has 1 saturated carbocycles. The second-order valence-corrected chi connectivity index (χ2v) is 4.16. The molecule has 0 unspecified atom stereocenters. The number of hydrogen-bond acceptors (Lipinski definition) is 2. The Hall–Kier alpha value is -0.830. The Morgan fingerprint density at radius 2 is 1.93 bits per heavy atom. The highest BCUT2D eigenvalue weighted by atomic mass is 16.1. The van der Waals surface area contributed by atoms with E-state index in [2.05, 4.69) is 22.8 Å². The lowest BCUT2D eigenvalue weighted by Crippen LogP contribution is -2.35. The van der Waals surface area contributed by atoms with Gasteiger partial charge < -0.3 is 10.6 Å². The highest BCUT2D eigenvalue weighted by molar-refractivity contribution is 5.79. The van der Waals surface area contributed by atoms with Gasteiger partial charge in [0.2, 0.25) is 5.91 Å². The summed E-state index contributed by atoms with van der Waals surface area (Å²) < 4.78 is 0. The van der Waals surface area contributed by atoms with Crippen molar-refractivity contribution in [3.8, 4) is 0 Å².